The van der Waals surface area contributed by atoms with Crippen LogP contribution in [0.5, 0.6) is 0 Å². The third-order valence-electron chi connectivity index (χ3n) is 1.96. The lowest BCUT2D eigenvalue weighted by atomic mass is 10.3. The molecule has 0 aromatic carbocycles. The van der Waals surface area contributed by atoms with Crippen molar-refractivity contribution in [2.45, 2.75) is 6.42 Å². The van der Waals surface area contributed by atoms with Crippen LogP contribution >= 0.6 is 0 Å². The van der Waals surface area contributed by atoms with Gasteiger partial charge in [-0.2, -0.15) is 0 Å². The van der Waals surface area contributed by atoms with Crippen molar-refractivity contribution < 1.29 is 19.4 Å². The molecule has 0 bridgehead atoms. The molecule has 0 unspecified atom stereocenters. The monoisotopic (exact) mass is 271 g/mol. The number of aromatic amines is 2. The van der Waals surface area contributed by atoms with E-state index in [4.69, 9.17) is 9.84 Å². The Morgan fingerprint density at radius 2 is 2.05 bits per heavy atom. The number of carbonyl (C=O) groups is 2. The minimum Gasteiger partial charge on any atom is -0.480 e. The normalized spacial score (nSPS) is 10.1. The first kappa shape index (κ1) is 14.6. The van der Waals surface area contributed by atoms with Crippen molar-refractivity contribution in [3.05, 3.63) is 32.6 Å². The number of carbonyl (C=O) groups excluding carboxylic acids is 1. The zero-order valence-corrected chi connectivity index (χ0v) is 9.89. The summed E-state index contributed by atoms with van der Waals surface area (Å²) in [5.41, 5.74) is -1.07. The molecule has 0 fully saturated rings. The van der Waals surface area contributed by atoms with Gasteiger partial charge < -0.3 is 20.1 Å². The van der Waals surface area contributed by atoms with Gasteiger partial charge in [0.1, 0.15) is 6.61 Å². The van der Waals surface area contributed by atoms with Crippen LogP contribution in [0.1, 0.15) is 5.69 Å². The summed E-state index contributed by atoms with van der Waals surface area (Å²) >= 11 is 0. The van der Waals surface area contributed by atoms with E-state index in [0.29, 0.717) is 0 Å². The van der Waals surface area contributed by atoms with E-state index >= 15 is 0 Å². The predicted octanol–water partition coefficient (Wildman–Crippen LogP) is -2.18. The van der Waals surface area contributed by atoms with E-state index < -0.39 is 29.7 Å². The minimum absolute atomic E-state index is 0.0595. The molecule has 19 heavy (non-hydrogen) atoms. The fraction of sp³-hybridized carbons (Fsp3) is 0.400. The first-order valence-electron chi connectivity index (χ1n) is 5.36. The molecule has 1 heterocycles. The van der Waals surface area contributed by atoms with Crippen LogP contribution in [0.25, 0.3) is 0 Å². The molecule has 9 nitrogen and oxygen atoms in total. The second-order valence-electron chi connectivity index (χ2n) is 3.59. The lowest BCUT2D eigenvalue weighted by Crippen LogP contribution is -2.31. The second-order valence-corrected chi connectivity index (χ2v) is 3.59. The number of hydrogen-bond donors (Lipinski definition) is 4. The third-order valence-corrected chi connectivity index (χ3v) is 1.96. The van der Waals surface area contributed by atoms with Crippen LogP contribution in [-0.4, -0.2) is 46.7 Å². The Hall–Kier alpha value is -2.42. The second kappa shape index (κ2) is 7.11. The van der Waals surface area contributed by atoms with Gasteiger partial charge in [-0.1, -0.05) is 0 Å². The van der Waals surface area contributed by atoms with Gasteiger partial charge in [0, 0.05) is 18.3 Å². The number of rotatable bonds is 7. The topological polar surface area (TPSA) is 141 Å². The van der Waals surface area contributed by atoms with Crippen molar-refractivity contribution in [3.63, 3.8) is 0 Å². The molecule has 9 heteroatoms. The third kappa shape index (κ3) is 6.17. The summed E-state index contributed by atoms with van der Waals surface area (Å²) in [6.45, 7) is -0.235. The molecule has 0 aliphatic heterocycles. The molecule has 0 spiro atoms. The Morgan fingerprint density at radius 1 is 1.32 bits per heavy atom. The van der Waals surface area contributed by atoms with Crippen molar-refractivity contribution in [1.82, 2.24) is 15.3 Å². The van der Waals surface area contributed by atoms with E-state index in [-0.39, 0.29) is 25.3 Å². The summed E-state index contributed by atoms with van der Waals surface area (Å²) in [5, 5.41) is 10.7. The fourth-order valence-electron chi connectivity index (χ4n) is 1.27. The van der Waals surface area contributed by atoms with Crippen molar-refractivity contribution in [2.75, 3.05) is 19.8 Å². The lowest BCUT2D eigenvalue weighted by Gasteiger charge is -2.05. The molecule has 0 aliphatic carbocycles. The predicted molar refractivity (Wildman–Crippen MR) is 62.9 cm³/mol. The number of aromatic nitrogens is 2. The highest BCUT2D eigenvalue weighted by Crippen LogP contribution is 1.87. The van der Waals surface area contributed by atoms with Crippen LogP contribution in [0.3, 0.4) is 0 Å². The Balaban J connectivity index is 2.33. The number of hydrogen-bond acceptors (Lipinski definition) is 5. The number of ether oxygens (including phenoxy) is 1. The van der Waals surface area contributed by atoms with Crippen LogP contribution in [0.4, 0.5) is 0 Å². The first-order valence-corrected chi connectivity index (χ1v) is 5.36. The van der Waals surface area contributed by atoms with Gasteiger partial charge in [0.05, 0.1) is 13.0 Å². The molecule has 1 rings (SSSR count). The van der Waals surface area contributed by atoms with Gasteiger partial charge in [-0.15, -0.1) is 0 Å². The van der Waals surface area contributed by atoms with Gasteiger partial charge in [0.25, 0.3) is 5.56 Å². The molecule has 0 atom stereocenters. The molecular weight excluding hydrogens is 258 g/mol. The molecule has 0 saturated carbocycles. The summed E-state index contributed by atoms with van der Waals surface area (Å²) < 4.78 is 4.71. The average molecular weight is 271 g/mol. The van der Waals surface area contributed by atoms with E-state index in [1.807, 2.05) is 4.98 Å². The Labute approximate surface area is 106 Å². The van der Waals surface area contributed by atoms with Crippen LogP contribution in [0.15, 0.2) is 15.7 Å². The zero-order valence-electron chi connectivity index (χ0n) is 9.89. The van der Waals surface area contributed by atoms with Crippen LogP contribution < -0.4 is 16.6 Å². The lowest BCUT2D eigenvalue weighted by molar-refractivity contribution is -0.142. The quantitative estimate of drug-likeness (QED) is 0.415. The molecule has 0 saturated heterocycles. The molecule has 0 radical (unpaired) electrons. The van der Waals surface area contributed by atoms with Gasteiger partial charge >= 0.3 is 11.7 Å². The Kier molecular flexibility index (Phi) is 5.48. The smallest absolute Gasteiger partial charge is 0.329 e. The maximum Gasteiger partial charge on any atom is 0.329 e. The maximum atomic E-state index is 11.4. The molecular formula is C10H13N3O6. The number of H-pyrrole nitrogens is 2. The van der Waals surface area contributed by atoms with Crippen molar-refractivity contribution >= 4 is 11.9 Å². The molecule has 1 aromatic heterocycles. The molecule has 104 valence electrons. The van der Waals surface area contributed by atoms with E-state index in [1.54, 1.807) is 0 Å². The van der Waals surface area contributed by atoms with E-state index in [2.05, 4.69) is 10.3 Å². The summed E-state index contributed by atoms with van der Waals surface area (Å²) in [6.07, 6.45) is -0.155. The van der Waals surface area contributed by atoms with Crippen LogP contribution in [0.2, 0.25) is 0 Å². The van der Waals surface area contributed by atoms with Gasteiger partial charge in [0.2, 0.25) is 5.91 Å². The van der Waals surface area contributed by atoms with Gasteiger partial charge in [-0.3, -0.25) is 14.6 Å². The van der Waals surface area contributed by atoms with Gasteiger partial charge in [-0.25, -0.2) is 9.59 Å². The first-order chi connectivity index (χ1) is 8.97. The van der Waals surface area contributed by atoms with Gasteiger partial charge in [-0.05, 0) is 0 Å². The average Bonchev–Trinajstić information content (AvgIpc) is 2.26. The maximum absolute atomic E-state index is 11.4. The highest BCUT2D eigenvalue weighted by Gasteiger charge is 2.05. The largest absolute Gasteiger partial charge is 0.480 e. The number of carboxylic acid groups (broad SMARTS) is 1. The van der Waals surface area contributed by atoms with E-state index in [9.17, 15) is 19.2 Å². The minimum atomic E-state index is -1.09. The molecule has 1 amide bonds. The number of nitrogens with one attached hydrogen (secondary N) is 3. The van der Waals surface area contributed by atoms with Crippen LogP contribution in [-0.2, 0) is 20.7 Å². The van der Waals surface area contributed by atoms with E-state index in [1.165, 1.54) is 0 Å². The fourth-order valence-corrected chi connectivity index (χ4v) is 1.27. The number of amides is 1. The SMILES string of the molecule is O=C(O)COCCNC(=O)Cc1cc(=O)[nH]c(=O)[nH]1. The number of carboxylic acids is 1. The van der Waals surface area contributed by atoms with Crippen molar-refractivity contribution in [1.29, 1.82) is 0 Å². The Morgan fingerprint density at radius 3 is 2.68 bits per heavy atom. The summed E-state index contributed by atoms with van der Waals surface area (Å²) in [6, 6.07) is 1.11. The summed E-state index contributed by atoms with van der Waals surface area (Å²) in [4.78, 5) is 47.7. The van der Waals surface area contributed by atoms with E-state index in [0.717, 1.165) is 6.07 Å². The summed E-state index contributed by atoms with van der Waals surface area (Å²) in [5.74, 6) is -1.51. The highest BCUT2D eigenvalue weighted by molar-refractivity contribution is 5.78. The standard InChI is InChI=1S/C10H13N3O6/c14-7(11-1-2-19-5-9(16)17)3-6-4-8(15)13-10(18)12-6/h4H,1-3,5H2,(H,11,14)(H,16,17)(H2,12,13,15,18). The number of aliphatic carboxylic acids is 1. The molecule has 0 aliphatic rings. The molecule has 4 N–H and O–H groups in total. The summed E-state index contributed by atoms with van der Waals surface area (Å²) in [7, 11) is 0. The van der Waals surface area contributed by atoms with Crippen LogP contribution in [0, 0.1) is 0 Å². The van der Waals surface area contributed by atoms with Crippen molar-refractivity contribution in [3.8, 4) is 0 Å². The molecule has 1 aromatic rings. The van der Waals surface area contributed by atoms with Crippen molar-refractivity contribution in [2.24, 2.45) is 0 Å². The Bertz CT molecular complexity index is 533. The zero-order chi connectivity index (χ0) is 14.3. The highest BCUT2D eigenvalue weighted by atomic mass is 16.5. The van der Waals surface area contributed by atoms with Gasteiger partial charge in [0.15, 0.2) is 0 Å².